The standard InChI is InChI=1S/C8H8ClN.CH2O3/c9-8-3-1-2-7(10-8)6-4-5-6;2-1(3)4/h1-3,6H,4-5H2;(H2,2,3,4). The molecule has 0 saturated heterocycles. The summed E-state index contributed by atoms with van der Waals surface area (Å²) in [4.78, 5) is 12.8. The highest BCUT2D eigenvalue weighted by Gasteiger charge is 2.24. The summed E-state index contributed by atoms with van der Waals surface area (Å²) in [5, 5.41) is 14.6. The van der Waals surface area contributed by atoms with Gasteiger partial charge in [-0.15, -0.1) is 0 Å². The van der Waals surface area contributed by atoms with Crippen LogP contribution in [0.1, 0.15) is 24.5 Å². The number of carboxylic acid groups (broad SMARTS) is 2. The Morgan fingerprint density at radius 3 is 2.43 bits per heavy atom. The second kappa shape index (κ2) is 4.81. The Morgan fingerprint density at radius 2 is 2.00 bits per heavy atom. The van der Waals surface area contributed by atoms with Gasteiger partial charge in [0.1, 0.15) is 5.15 Å². The van der Waals surface area contributed by atoms with Crippen LogP contribution in [0.2, 0.25) is 5.15 Å². The first kappa shape index (κ1) is 10.8. The molecule has 76 valence electrons. The summed E-state index contributed by atoms with van der Waals surface area (Å²) >= 11 is 5.71. The van der Waals surface area contributed by atoms with E-state index in [4.69, 9.17) is 26.6 Å². The molecule has 1 saturated carbocycles. The van der Waals surface area contributed by atoms with Gasteiger partial charge in [0, 0.05) is 11.6 Å². The normalized spacial score (nSPS) is 14.1. The zero-order chi connectivity index (χ0) is 10.6. The average Bonchev–Trinajstić information content (AvgIpc) is 2.84. The fraction of sp³-hybridized carbons (Fsp3) is 0.333. The molecule has 0 spiro atoms. The molecule has 0 bridgehead atoms. The predicted octanol–water partition coefficient (Wildman–Crippen LogP) is 2.83. The van der Waals surface area contributed by atoms with Crippen LogP contribution < -0.4 is 0 Å². The topological polar surface area (TPSA) is 70.4 Å². The third-order valence-electron chi connectivity index (χ3n) is 1.73. The second-order valence-corrected chi connectivity index (χ2v) is 3.33. The molecule has 1 aliphatic rings. The minimum absolute atomic E-state index is 0.615. The highest BCUT2D eigenvalue weighted by atomic mass is 35.5. The SMILES string of the molecule is Clc1cccc(C2CC2)n1.O=C(O)O. The molecule has 0 atom stereocenters. The zero-order valence-electron chi connectivity index (χ0n) is 7.35. The molecule has 1 aliphatic carbocycles. The van der Waals surface area contributed by atoms with Crippen molar-refractivity contribution >= 4 is 17.8 Å². The molecule has 2 rings (SSSR count). The number of pyridine rings is 1. The zero-order valence-corrected chi connectivity index (χ0v) is 8.11. The Kier molecular flexibility index (Phi) is 3.71. The molecule has 0 amide bonds. The molecule has 0 aromatic carbocycles. The average molecular weight is 216 g/mol. The molecule has 4 nitrogen and oxygen atoms in total. The van der Waals surface area contributed by atoms with Crippen molar-refractivity contribution < 1.29 is 15.0 Å². The summed E-state index contributed by atoms with van der Waals surface area (Å²) in [5.41, 5.74) is 1.16. The Labute approximate surface area is 86.2 Å². The van der Waals surface area contributed by atoms with Crippen molar-refractivity contribution in [2.24, 2.45) is 0 Å². The number of nitrogens with zero attached hydrogens (tertiary/aromatic N) is 1. The molecule has 1 heterocycles. The lowest BCUT2D eigenvalue weighted by molar-refractivity contribution is 0.137. The van der Waals surface area contributed by atoms with Gasteiger partial charge in [0.05, 0.1) is 0 Å². The Balaban J connectivity index is 0.000000213. The van der Waals surface area contributed by atoms with Crippen LogP contribution in [0.5, 0.6) is 0 Å². The van der Waals surface area contributed by atoms with Crippen molar-refractivity contribution in [3.63, 3.8) is 0 Å². The molecular formula is C9H10ClNO3. The summed E-state index contributed by atoms with van der Waals surface area (Å²) in [6.45, 7) is 0. The number of aromatic nitrogens is 1. The van der Waals surface area contributed by atoms with Crippen LogP contribution in [-0.4, -0.2) is 21.4 Å². The van der Waals surface area contributed by atoms with E-state index >= 15 is 0 Å². The summed E-state index contributed by atoms with van der Waals surface area (Å²) in [6, 6.07) is 5.82. The van der Waals surface area contributed by atoms with Gasteiger partial charge >= 0.3 is 6.16 Å². The van der Waals surface area contributed by atoms with Crippen molar-refractivity contribution in [2.45, 2.75) is 18.8 Å². The first-order valence-electron chi connectivity index (χ1n) is 4.14. The van der Waals surface area contributed by atoms with Crippen LogP contribution in [0, 0.1) is 0 Å². The lowest BCUT2D eigenvalue weighted by Gasteiger charge is -1.94. The molecule has 1 aromatic rings. The maximum atomic E-state index is 8.56. The minimum Gasteiger partial charge on any atom is -0.450 e. The van der Waals surface area contributed by atoms with Crippen molar-refractivity contribution in [2.75, 3.05) is 0 Å². The number of hydrogen-bond acceptors (Lipinski definition) is 2. The summed E-state index contributed by atoms with van der Waals surface area (Å²) in [7, 11) is 0. The van der Waals surface area contributed by atoms with E-state index in [0.29, 0.717) is 11.1 Å². The van der Waals surface area contributed by atoms with Crippen molar-refractivity contribution in [1.82, 2.24) is 4.98 Å². The van der Waals surface area contributed by atoms with Crippen LogP contribution in [0.15, 0.2) is 18.2 Å². The molecule has 5 heteroatoms. The van der Waals surface area contributed by atoms with Crippen LogP contribution >= 0.6 is 11.6 Å². The van der Waals surface area contributed by atoms with E-state index in [-0.39, 0.29) is 0 Å². The number of rotatable bonds is 1. The summed E-state index contributed by atoms with van der Waals surface area (Å²) < 4.78 is 0. The largest absolute Gasteiger partial charge is 0.503 e. The van der Waals surface area contributed by atoms with Gasteiger partial charge in [0.15, 0.2) is 0 Å². The first-order chi connectivity index (χ1) is 6.59. The lowest BCUT2D eigenvalue weighted by atomic mass is 10.3. The fourth-order valence-electron chi connectivity index (χ4n) is 1.03. The van der Waals surface area contributed by atoms with Gasteiger partial charge in [-0.1, -0.05) is 17.7 Å². The molecule has 0 radical (unpaired) electrons. The maximum absolute atomic E-state index is 8.56. The van der Waals surface area contributed by atoms with E-state index < -0.39 is 6.16 Å². The van der Waals surface area contributed by atoms with Gasteiger partial charge in [-0.3, -0.25) is 0 Å². The third kappa shape index (κ3) is 4.09. The van der Waals surface area contributed by atoms with Gasteiger partial charge < -0.3 is 10.2 Å². The van der Waals surface area contributed by atoms with Gasteiger partial charge in [0.2, 0.25) is 0 Å². The molecule has 0 unspecified atom stereocenters. The molecule has 1 aromatic heterocycles. The van der Waals surface area contributed by atoms with E-state index in [0.717, 1.165) is 5.69 Å². The van der Waals surface area contributed by atoms with Crippen molar-refractivity contribution in [3.8, 4) is 0 Å². The van der Waals surface area contributed by atoms with Crippen LogP contribution in [0.25, 0.3) is 0 Å². The smallest absolute Gasteiger partial charge is 0.450 e. The Hall–Kier alpha value is -1.29. The van der Waals surface area contributed by atoms with E-state index in [2.05, 4.69) is 4.98 Å². The maximum Gasteiger partial charge on any atom is 0.503 e. The van der Waals surface area contributed by atoms with E-state index in [1.165, 1.54) is 12.8 Å². The minimum atomic E-state index is -1.83. The van der Waals surface area contributed by atoms with Gasteiger partial charge in [-0.05, 0) is 25.0 Å². The highest BCUT2D eigenvalue weighted by molar-refractivity contribution is 6.29. The quantitative estimate of drug-likeness (QED) is 0.707. The molecular weight excluding hydrogens is 206 g/mol. The van der Waals surface area contributed by atoms with Crippen LogP contribution in [0.3, 0.4) is 0 Å². The van der Waals surface area contributed by atoms with Crippen molar-refractivity contribution in [3.05, 3.63) is 29.0 Å². The molecule has 2 N–H and O–H groups in total. The Bertz CT molecular complexity index is 322. The van der Waals surface area contributed by atoms with Crippen molar-refractivity contribution in [1.29, 1.82) is 0 Å². The van der Waals surface area contributed by atoms with Crippen LogP contribution in [0.4, 0.5) is 4.79 Å². The third-order valence-corrected chi connectivity index (χ3v) is 1.94. The van der Waals surface area contributed by atoms with Gasteiger partial charge in [-0.25, -0.2) is 9.78 Å². The van der Waals surface area contributed by atoms with E-state index in [9.17, 15) is 0 Å². The monoisotopic (exact) mass is 215 g/mol. The number of carbonyl (C=O) groups is 1. The highest BCUT2D eigenvalue weighted by Crippen LogP contribution is 2.38. The Morgan fingerprint density at radius 1 is 1.43 bits per heavy atom. The number of hydrogen-bond donors (Lipinski definition) is 2. The summed E-state index contributed by atoms with van der Waals surface area (Å²) in [6.07, 6.45) is 0.737. The van der Waals surface area contributed by atoms with E-state index in [1.807, 2.05) is 18.2 Å². The summed E-state index contributed by atoms with van der Waals surface area (Å²) in [5.74, 6) is 0.707. The fourth-order valence-corrected chi connectivity index (χ4v) is 1.20. The van der Waals surface area contributed by atoms with Crippen LogP contribution in [-0.2, 0) is 0 Å². The van der Waals surface area contributed by atoms with Gasteiger partial charge in [-0.2, -0.15) is 0 Å². The second-order valence-electron chi connectivity index (χ2n) is 2.94. The number of halogens is 1. The lowest BCUT2D eigenvalue weighted by Crippen LogP contribution is -1.83. The molecule has 14 heavy (non-hydrogen) atoms. The van der Waals surface area contributed by atoms with Gasteiger partial charge in [0.25, 0.3) is 0 Å². The molecule has 0 aliphatic heterocycles. The van der Waals surface area contributed by atoms with E-state index in [1.54, 1.807) is 0 Å². The molecule has 1 fully saturated rings. The first-order valence-corrected chi connectivity index (χ1v) is 4.51. The predicted molar refractivity (Wildman–Crippen MR) is 51.9 cm³/mol.